The van der Waals surface area contributed by atoms with E-state index in [9.17, 15) is 20.0 Å². The lowest BCUT2D eigenvalue weighted by atomic mass is 10.1. The first-order valence-corrected chi connectivity index (χ1v) is 7.36. The fourth-order valence-electron chi connectivity index (χ4n) is 1.97. The predicted octanol–water partition coefficient (Wildman–Crippen LogP) is 2.45. The van der Waals surface area contributed by atoms with Crippen LogP contribution in [0.25, 0.3) is 0 Å². The monoisotopic (exact) mass is 343 g/mol. The van der Waals surface area contributed by atoms with Crippen molar-refractivity contribution in [3.05, 3.63) is 63.2 Å². The molecule has 8 nitrogen and oxygen atoms in total. The molecule has 0 aliphatic rings. The molecule has 0 fully saturated rings. The number of phenolic OH excluding ortho intramolecular Hbond substituents is 1. The van der Waals surface area contributed by atoms with Crippen molar-refractivity contribution in [3.63, 3.8) is 0 Å². The van der Waals surface area contributed by atoms with Gasteiger partial charge in [-0.15, -0.1) is 0 Å². The number of aryl methyl sites for hydroxylation is 2. The first-order valence-electron chi connectivity index (χ1n) is 7.36. The summed E-state index contributed by atoms with van der Waals surface area (Å²) in [6, 6.07) is 9.17. The molecule has 2 N–H and O–H groups in total. The zero-order chi connectivity index (χ0) is 18.4. The standard InChI is InChI=1S/C17H17N3O5/c1-11-3-4-12(2)16(7-11)25-10-17(22)19-18-9-13-8-14(20(23)24)5-6-15(13)21/h3-9,21H,10H2,1-2H3,(H,19,22). The van der Waals surface area contributed by atoms with Gasteiger partial charge in [0, 0.05) is 17.7 Å². The van der Waals surface area contributed by atoms with Crippen LogP contribution < -0.4 is 10.2 Å². The number of amides is 1. The summed E-state index contributed by atoms with van der Waals surface area (Å²) < 4.78 is 5.43. The lowest BCUT2D eigenvalue weighted by Gasteiger charge is -2.08. The van der Waals surface area contributed by atoms with Crippen molar-refractivity contribution in [1.82, 2.24) is 5.43 Å². The Hall–Kier alpha value is -3.42. The van der Waals surface area contributed by atoms with Crippen LogP contribution >= 0.6 is 0 Å². The number of nitrogens with one attached hydrogen (secondary N) is 1. The number of carbonyl (C=O) groups is 1. The summed E-state index contributed by atoms with van der Waals surface area (Å²) in [6.07, 6.45) is 1.12. The van der Waals surface area contributed by atoms with Gasteiger partial charge in [-0.3, -0.25) is 14.9 Å². The van der Waals surface area contributed by atoms with Gasteiger partial charge in [-0.2, -0.15) is 5.10 Å². The number of nitro groups is 1. The Morgan fingerprint density at radius 2 is 2.08 bits per heavy atom. The van der Waals surface area contributed by atoms with Crippen LogP contribution in [-0.4, -0.2) is 28.8 Å². The molecule has 1 amide bonds. The molecule has 130 valence electrons. The molecule has 0 atom stereocenters. The molecule has 8 heteroatoms. The largest absolute Gasteiger partial charge is 0.507 e. The summed E-state index contributed by atoms with van der Waals surface area (Å²) in [4.78, 5) is 21.9. The van der Waals surface area contributed by atoms with Gasteiger partial charge in [0.05, 0.1) is 11.1 Å². The second-order valence-electron chi connectivity index (χ2n) is 5.35. The maximum Gasteiger partial charge on any atom is 0.277 e. The third-order valence-corrected chi connectivity index (χ3v) is 3.32. The van der Waals surface area contributed by atoms with Crippen molar-refractivity contribution in [3.8, 4) is 11.5 Å². The Balaban J connectivity index is 1.93. The van der Waals surface area contributed by atoms with E-state index in [2.05, 4.69) is 10.5 Å². The van der Waals surface area contributed by atoms with Crippen molar-refractivity contribution < 1.29 is 19.6 Å². The molecule has 0 aliphatic carbocycles. The normalized spacial score (nSPS) is 10.6. The Kier molecular flexibility index (Phi) is 5.67. The second kappa shape index (κ2) is 7.91. The number of hydrazone groups is 1. The van der Waals surface area contributed by atoms with Crippen LogP contribution in [0, 0.1) is 24.0 Å². The molecular weight excluding hydrogens is 326 g/mol. The number of ether oxygens (including phenoxy) is 1. The molecule has 0 bridgehead atoms. The molecule has 2 aromatic rings. The number of carbonyl (C=O) groups excluding carboxylic acids is 1. The average Bonchev–Trinajstić information content (AvgIpc) is 2.57. The van der Waals surface area contributed by atoms with Crippen LogP contribution in [0.2, 0.25) is 0 Å². The highest BCUT2D eigenvalue weighted by Gasteiger charge is 2.09. The SMILES string of the molecule is Cc1ccc(C)c(OCC(=O)NN=Cc2cc([N+](=O)[O-])ccc2O)c1. The molecule has 0 aromatic heterocycles. The Bertz CT molecular complexity index is 833. The summed E-state index contributed by atoms with van der Waals surface area (Å²) in [5, 5.41) is 24.0. The van der Waals surface area contributed by atoms with Gasteiger partial charge < -0.3 is 9.84 Å². The number of nitro benzene ring substituents is 1. The first kappa shape index (κ1) is 17.9. The van der Waals surface area contributed by atoms with Gasteiger partial charge in [0.15, 0.2) is 6.61 Å². The minimum Gasteiger partial charge on any atom is -0.507 e. The second-order valence-corrected chi connectivity index (χ2v) is 5.35. The van der Waals surface area contributed by atoms with Gasteiger partial charge in [-0.1, -0.05) is 12.1 Å². The van der Waals surface area contributed by atoms with Crippen LogP contribution in [0.4, 0.5) is 5.69 Å². The van der Waals surface area contributed by atoms with Gasteiger partial charge in [0.25, 0.3) is 11.6 Å². The highest BCUT2D eigenvalue weighted by molar-refractivity contribution is 5.86. The molecule has 2 aromatic carbocycles. The first-order chi connectivity index (χ1) is 11.9. The third-order valence-electron chi connectivity index (χ3n) is 3.32. The number of hydrogen-bond donors (Lipinski definition) is 2. The summed E-state index contributed by atoms with van der Waals surface area (Å²) in [6.45, 7) is 3.56. The van der Waals surface area contributed by atoms with Crippen molar-refractivity contribution in [2.45, 2.75) is 13.8 Å². The fourth-order valence-corrected chi connectivity index (χ4v) is 1.97. The number of aromatic hydroxyl groups is 1. The quantitative estimate of drug-likeness (QED) is 0.475. The number of rotatable bonds is 6. The molecule has 0 saturated heterocycles. The molecule has 25 heavy (non-hydrogen) atoms. The van der Waals surface area contributed by atoms with Gasteiger partial charge in [0.2, 0.25) is 0 Å². The van der Waals surface area contributed by atoms with E-state index in [-0.39, 0.29) is 23.6 Å². The van der Waals surface area contributed by atoms with Crippen LogP contribution in [0.15, 0.2) is 41.5 Å². The molecule has 0 aliphatic heterocycles. The highest BCUT2D eigenvalue weighted by atomic mass is 16.6. The highest BCUT2D eigenvalue weighted by Crippen LogP contribution is 2.21. The smallest absolute Gasteiger partial charge is 0.277 e. The summed E-state index contributed by atoms with van der Waals surface area (Å²) >= 11 is 0. The van der Waals surface area contributed by atoms with E-state index in [1.807, 2.05) is 32.0 Å². The Labute approximate surface area is 143 Å². The summed E-state index contributed by atoms with van der Waals surface area (Å²) in [5.74, 6) is -0.0761. The van der Waals surface area contributed by atoms with Crippen molar-refractivity contribution in [2.24, 2.45) is 5.10 Å². The topological polar surface area (TPSA) is 114 Å². The summed E-state index contributed by atoms with van der Waals surface area (Å²) in [7, 11) is 0. The van der Waals surface area contributed by atoms with Crippen molar-refractivity contribution in [1.29, 1.82) is 0 Å². The van der Waals surface area contributed by atoms with Gasteiger partial charge in [-0.05, 0) is 37.1 Å². The van der Waals surface area contributed by atoms with E-state index in [1.165, 1.54) is 12.1 Å². The average molecular weight is 343 g/mol. The molecule has 0 spiro atoms. The van der Waals surface area contributed by atoms with E-state index in [4.69, 9.17) is 4.74 Å². The van der Waals surface area contributed by atoms with Crippen LogP contribution in [0.1, 0.15) is 16.7 Å². The minimum atomic E-state index is -0.590. The molecule has 0 saturated carbocycles. The van der Waals surface area contributed by atoms with E-state index in [0.29, 0.717) is 5.75 Å². The molecule has 0 radical (unpaired) electrons. The van der Waals surface area contributed by atoms with Crippen molar-refractivity contribution in [2.75, 3.05) is 6.61 Å². The van der Waals surface area contributed by atoms with Gasteiger partial charge in [0.1, 0.15) is 11.5 Å². The Morgan fingerprint density at radius 3 is 2.80 bits per heavy atom. The zero-order valence-corrected chi connectivity index (χ0v) is 13.7. The van der Waals surface area contributed by atoms with Crippen LogP contribution in [-0.2, 0) is 4.79 Å². The van der Waals surface area contributed by atoms with Crippen LogP contribution in [0.3, 0.4) is 0 Å². The lowest BCUT2D eigenvalue weighted by molar-refractivity contribution is -0.384. The number of nitrogens with zero attached hydrogens (tertiary/aromatic N) is 2. The predicted molar refractivity (Wildman–Crippen MR) is 91.9 cm³/mol. The van der Waals surface area contributed by atoms with E-state index >= 15 is 0 Å². The fraction of sp³-hybridized carbons (Fsp3) is 0.176. The maximum atomic E-state index is 11.7. The lowest BCUT2D eigenvalue weighted by Crippen LogP contribution is -2.24. The number of benzene rings is 2. The molecule has 0 unspecified atom stereocenters. The molecular formula is C17H17N3O5. The zero-order valence-electron chi connectivity index (χ0n) is 13.7. The minimum absolute atomic E-state index is 0.116. The number of phenols is 1. The third kappa shape index (κ3) is 5.03. The molecule has 0 heterocycles. The van der Waals surface area contributed by atoms with Gasteiger partial charge >= 0.3 is 0 Å². The molecule has 2 rings (SSSR count). The van der Waals surface area contributed by atoms with E-state index in [1.54, 1.807) is 0 Å². The maximum absolute atomic E-state index is 11.7. The van der Waals surface area contributed by atoms with E-state index < -0.39 is 10.8 Å². The number of non-ortho nitro benzene ring substituents is 1. The van der Waals surface area contributed by atoms with Crippen LogP contribution in [0.5, 0.6) is 11.5 Å². The summed E-state index contributed by atoms with van der Waals surface area (Å²) in [5.41, 5.74) is 4.08. The number of hydrogen-bond acceptors (Lipinski definition) is 6. The van der Waals surface area contributed by atoms with Gasteiger partial charge in [-0.25, -0.2) is 5.43 Å². The van der Waals surface area contributed by atoms with E-state index in [0.717, 1.165) is 23.4 Å². The Morgan fingerprint density at radius 1 is 1.32 bits per heavy atom. The van der Waals surface area contributed by atoms with Crippen molar-refractivity contribution >= 4 is 17.8 Å².